The number of methoxy groups -OCH3 is 1. The van der Waals surface area contributed by atoms with Gasteiger partial charge in [-0.15, -0.1) is 0 Å². The second-order valence-corrected chi connectivity index (χ2v) is 6.77. The molecular weight excluding hydrogens is 396 g/mol. The molecule has 0 bridgehead atoms. The van der Waals surface area contributed by atoms with E-state index in [0.717, 1.165) is 25.6 Å². The molecule has 2 aromatic carbocycles. The number of ether oxygens (including phenoxy) is 1. The van der Waals surface area contributed by atoms with Crippen molar-refractivity contribution in [3.8, 4) is 5.75 Å². The predicted octanol–water partition coefficient (Wildman–Crippen LogP) is 5.38. The van der Waals surface area contributed by atoms with Crippen molar-refractivity contribution in [3.05, 3.63) is 61.0 Å². The van der Waals surface area contributed by atoms with Gasteiger partial charge in [0.15, 0.2) is 5.78 Å². The van der Waals surface area contributed by atoms with Crippen LogP contribution in [0.2, 0.25) is 0 Å². The van der Waals surface area contributed by atoms with Gasteiger partial charge < -0.3 is 4.74 Å². The molecule has 0 heterocycles. The molecule has 2 rings (SSSR count). The first-order valence-corrected chi connectivity index (χ1v) is 8.10. The van der Waals surface area contributed by atoms with Crippen molar-refractivity contribution >= 4 is 37.6 Å². The Morgan fingerprint density at radius 1 is 1.05 bits per heavy atom. The lowest BCUT2D eigenvalue weighted by atomic mass is 9.93. The molecular formula is C17H16Br2O2. The summed E-state index contributed by atoms with van der Waals surface area (Å²) in [6.45, 7) is 5.80. The Kier molecular flexibility index (Phi) is 4.89. The van der Waals surface area contributed by atoms with Crippen molar-refractivity contribution in [2.24, 2.45) is 0 Å². The van der Waals surface area contributed by atoms with Gasteiger partial charge >= 0.3 is 0 Å². The smallest absolute Gasteiger partial charge is 0.197 e. The zero-order valence-corrected chi connectivity index (χ0v) is 15.6. The summed E-state index contributed by atoms with van der Waals surface area (Å²) < 4.78 is 7.35. The van der Waals surface area contributed by atoms with E-state index < -0.39 is 0 Å². The van der Waals surface area contributed by atoms with E-state index in [1.807, 2.05) is 45.0 Å². The number of aryl methyl sites for hydroxylation is 2. The van der Waals surface area contributed by atoms with Gasteiger partial charge in [-0.25, -0.2) is 0 Å². The molecule has 0 amide bonds. The molecule has 2 aromatic rings. The van der Waals surface area contributed by atoms with Crippen LogP contribution in [0.3, 0.4) is 0 Å². The topological polar surface area (TPSA) is 26.3 Å². The van der Waals surface area contributed by atoms with E-state index >= 15 is 0 Å². The summed E-state index contributed by atoms with van der Waals surface area (Å²) in [6.07, 6.45) is 0. The normalized spacial score (nSPS) is 10.6. The summed E-state index contributed by atoms with van der Waals surface area (Å²) in [5.41, 5.74) is 4.08. The van der Waals surface area contributed by atoms with Crippen LogP contribution in [-0.2, 0) is 0 Å². The molecule has 0 aliphatic carbocycles. The molecule has 0 N–H and O–H groups in total. The van der Waals surface area contributed by atoms with Crippen LogP contribution in [0.15, 0.2) is 33.2 Å². The second kappa shape index (κ2) is 6.32. The maximum atomic E-state index is 13.0. The van der Waals surface area contributed by atoms with Gasteiger partial charge in [0.1, 0.15) is 5.75 Å². The third-order valence-corrected chi connectivity index (χ3v) is 4.84. The average molecular weight is 412 g/mol. The molecule has 110 valence electrons. The fourth-order valence-electron chi connectivity index (χ4n) is 2.40. The summed E-state index contributed by atoms with van der Waals surface area (Å²) >= 11 is 6.94. The lowest BCUT2D eigenvalue weighted by molar-refractivity contribution is 0.103. The van der Waals surface area contributed by atoms with Crippen molar-refractivity contribution < 1.29 is 9.53 Å². The Balaban J connectivity index is 2.68. The molecule has 21 heavy (non-hydrogen) atoms. The highest BCUT2D eigenvalue weighted by Crippen LogP contribution is 2.34. The number of carbonyl (C=O) groups is 1. The minimum absolute atomic E-state index is 0.0150. The van der Waals surface area contributed by atoms with Crippen LogP contribution in [0.5, 0.6) is 5.75 Å². The van der Waals surface area contributed by atoms with Crippen molar-refractivity contribution in [3.63, 3.8) is 0 Å². The van der Waals surface area contributed by atoms with E-state index in [-0.39, 0.29) is 5.78 Å². The van der Waals surface area contributed by atoms with Crippen molar-refractivity contribution in [1.82, 2.24) is 0 Å². The minimum Gasteiger partial charge on any atom is -0.496 e. The van der Waals surface area contributed by atoms with Crippen molar-refractivity contribution in [1.29, 1.82) is 0 Å². The molecule has 0 aliphatic heterocycles. The zero-order chi connectivity index (χ0) is 15.7. The van der Waals surface area contributed by atoms with E-state index in [4.69, 9.17) is 4.74 Å². The number of rotatable bonds is 3. The van der Waals surface area contributed by atoms with Gasteiger partial charge in [-0.1, -0.05) is 31.9 Å². The van der Waals surface area contributed by atoms with E-state index in [0.29, 0.717) is 16.9 Å². The highest BCUT2D eigenvalue weighted by atomic mass is 79.9. The molecule has 0 spiro atoms. The van der Waals surface area contributed by atoms with Crippen LogP contribution in [0.1, 0.15) is 32.6 Å². The van der Waals surface area contributed by atoms with Gasteiger partial charge in [-0.05, 0) is 61.7 Å². The molecule has 0 fully saturated rings. The van der Waals surface area contributed by atoms with Crippen LogP contribution >= 0.6 is 31.9 Å². The molecule has 0 saturated heterocycles. The Bertz CT molecular complexity index is 721. The Labute approximate surface area is 141 Å². The Morgan fingerprint density at radius 3 is 2.29 bits per heavy atom. The summed E-state index contributed by atoms with van der Waals surface area (Å²) in [5, 5.41) is 0. The molecule has 2 nitrogen and oxygen atoms in total. The minimum atomic E-state index is -0.0150. The van der Waals surface area contributed by atoms with Crippen LogP contribution in [-0.4, -0.2) is 12.9 Å². The zero-order valence-electron chi connectivity index (χ0n) is 12.4. The van der Waals surface area contributed by atoms with Gasteiger partial charge in [0.05, 0.1) is 12.7 Å². The first-order chi connectivity index (χ1) is 9.86. The van der Waals surface area contributed by atoms with E-state index in [9.17, 15) is 4.79 Å². The summed E-state index contributed by atoms with van der Waals surface area (Å²) in [7, 11) is 1.60. The quantitative estimate of drug-likeness (QED) is 0.634. The molecule has 0 aromatic heterocycles. The number of halogens is 2. The number of ketones is 1. The molecule has 0 saturated carbocycles. The maximum absolute atomic E-state index is 13.0. The number of hydrogen-bond donors (Lipinski definition) is 0. The van der Waals surface area contributed by atoms with Gasteiger partial charge in [0, 0.05) is 14.5 Å². The standard InChI is InChI=1S/C17H16Br2O2/c1-9-7-12(18)5-6-13(9)16(20)15-11(3)14(19)8-10(2)17(15)21-4/h5-8H,1-4H3. The van der Waals surface area contributed by atoms with Crippen LogP contribution in [0.4, 0.5) is 0 Å². The van der Waals surface area contributed by atoms with E-state index in [2.05, 4.69) is 31.9 Å². The Morgan fingerprint density at radius 2 is 1.71 bits per heavy atom. The monoisotopic (exact) mass is 410 g/mol. The second-order valence-electron chi connectivity index (χ2n) is 5.00. The molecule has 0 aliphatic rings. The summed E-state index contributed by atoms with van der Waals surface area (Å²) in [5.74, 6) is 0.627. The lowest BCUT2D eigenvalue weighted by Gasteiger charge is -2.16. The summed E-state index contributed by atoms with van der Waals surface area (Å²) in [4.78, 5) is 13.0. The first kappa shape index (κ1) is 16.2. The molecule has 0 unspecified atom stereocenters. The lowest BCUT2D eigenvalue weighted by Crippen LogP contribution is -2.09. The van der Waals surface area contributed by atoms with Gasteiger partial charge in [0.2, 0.25) is 0 Å². The number of benzene rings is 2. The molecule has 0 radical (unpaired) electrons. The fraction of sp³-hybridized carbons (Fsp3) is 0.235. The Hall–Kier alpha value is -1.13. The van der Waals surface area contributed by atoms with Crippen molar-refractivity contribution in [2.45, 2.75) is 20.8 Å². The van der Waals surface area contributed by atoms with Crippen molar-refractivity contribution in [2.75, 3.05) is 7.11 Å². The SMILES string of the molecule is COc1c(C)cc(Br)c(C)c1C(=O)c1ccc(Br)cc1C. The number of hydrogen-bond acceptors (Lipinski definition) is 2. The highest BCUT2D eigenvalue weighted by Gasteiger charge is 2.22. The average Bonchev–Trinajstić information content (AvgIpc) is 2.41. The van der Waals surface area contributed by atoms with E-state index in [1.54, 1.807) is 7.11 Å². The van der Waals surface area contributed by atoms with Crippen LogP contribution in [0, 0.1) is 20.8 Å². The highest BCUT2D eigenvalue weighted by molar-refractivity contribution is 9.10. The third kappa shape index (κ3) is 3.06. The van der Waals surface area contributed by atoms with Gasteiger partial charge in [-0.3, -0.25) is 4.79 Å². The molecule has 4 heteroatoms. The van der Waals surface area contributed by atoms with Crippen LogP contribution < -0.4 is 4.74 Å². The third-order valence-electron chi connectivity index (χ3n) is 3.53. The maximum Gasteiger partial charge on any atom is 0.197 e. The first-order valence-electron chi connectivity index (χ1n) is 6.51. The summed E-state index contributed by atoms with van der Waals surface area (Å²) in [6, 6.07) is 7.64. The van der Waals surface area contributed by atoms with Gasteiger partial charge in [-0.2, -0.15) is 0 Å². The van der Waals surface area contributed by atoms with Gasteiger partial charge in [0.25, 0.3) is 0 Å². The largest absolute Gasteiger partial charge is 0.496 e. The van der Waals surface area contributed by atoms with E-state index in [1.165, 1.54) is 0 Å². The fourth-order valence-corrected chi connectivity index (χ4v) is 3.42. The molecule has 0 atom stereocenters. The number of carbonyl (C=O) groups excluding carboxylic acids is 1. The van der Waals surface area contributed by atoms with Crippen LogP contribution in [0.25, 0.3) is 0 Å². The predicted molar refractivity (Wildman–Crippen MR) is 92.5 cm³/mol.